The zero-order valence-electron chi connectivity index (χ0n) is 11.7. The minimum absolute atomic E-state index is 0.136. The third-order valence-electron chi connectivity index (χ3n) is 3.88. The van der Waals surface area contributed by atoms with Crippen molar-refractivity contribution in [3.63, 3.8) is 0 Å². The molecule has 19 heavy (non-hydrogen) atoms. The van der Waals surface area contributed by atoms with E-state index in [1.807, 2.05) is 6.07 Å². The van der Waals surface area contributed by atoms with Crippen molar-refractivity contribution in [1.29, 1.82) is 0 Å². The average molecular weight is 333 g/mol. The van der Waals surface area contributed by atoms with Crippen molar-refractivity contribution in [3.8, 4) is 0 Å². The number of methoxy groups -OCH3 is 1. The number of hydrazine groups is 1. The fraction of sp³-hybridized carbons (Fsp3) is 0.571. The lowest BCUT2D eigenvalue weighted by atomic mass is 9.84. The van der Waals surface area contributed by atoms with E-state index >= 15 is 0 Å². The van der Waals surface area contributed by atoms with E-state index in [1.54, 1.807) is 13.2 Å². The zero-order valence-corrected chi connectivity index (χ0v) is 13.3. The Balaban J connectivity index is 2.98. The van der Waals surface area contributed by atoms with Crippen LogP contribution in [0.5, 0.6) is 0 Å². The van der Waals surface area contributed by atoms with Crippen molar-refractivity contribution in [2.75, 3.05) is 7.11 Å². The highest BCUT2D eigenvalue weighted by Gasteiger charge is 2.35. The molecular weight excluding hydrogens is 311 g/mol. The second-order valence-corrected chi connectivity index (χ2v) is 5.55. The number of hydrogen-bond donors (Lipinski definition) is 2. The molecule has 1 atom stereocenters. The third kappa shape index (κ3) is 3.75. The number of rotatable bonds is 7. The molecule has 1 aromatic carbocycles. The Hall–Kier alpha value is -0.490. The predicted octanol–water partition coefficient (Wildman–Crippen LogP) is 3.17. The summed E-state index contributed by atoms with van der Waals surface area (Å²) in [6, 6.07) is 4.94. The number of nitrogens with two attached hydrogens (primary N) is 1. The number of ether oxygens (including phenoxy) is 1. The van der Waals surface area contributed by atoms with Crippen molar-refractivity contribution < 1.29 is 9.13 Å². The minimum Gasteiger partial charge on any atom is -0.377 e. The molecule has 3 N–H and O–H groups in total. The van der Waals surface area contributed by atoms with Gasteiger partial charge in [-0.05, 0) is 37.0 Å². The molecule has 0 amide bonds. The van der Waals surface area contributed by atoms with Gasteiger partial charge in [-0.1, -0.05) is 35.8 Å². The molecule has 0 heterocycles. The third-order valence-corrected chi connectivity index (χ3v) is 4.37. The van der Waals surface area contributed by atoms with Gasteiger partial charge in [-0.15, -0.1) is 0 Å². The van der Waals surface area contributed by atoms with Crippen LogP contribution in [0, 0.1) is 5.82 Å². The maximum Gasteiger partial charge on any atom is 0.127 e. The molecule has 0 aliphatic carbocycles. The maximum atomic E-state index is 13.9. The first-order chi connectivity index (χ1) is 9.02. The Morgan fingerprint density at radius 1 is 1.42 bits per heavy atom. The molecule has 1 unspecified atom stereocenters. The van der Waals surface area contributed by atoms with Crippen LogP contribution in [0.4, 0.5) is 4.39 Å². The van der Waals surface area contributed by atoms with Crippen LogP contribution < -0.4 is 11.3 Å². The fourth-order valence-corrected chi connectivity index (χ4v) is 2.81. The summed E-state index contributed by atoms with van der Waals surface area (Å²) in [5.41, 5.74) is 3.04. The van der Waals surface area contributed by atoms with Crippen molar-refractivity contribution in [2.45, 2.75) is 44.8 Å². The summed E-state index contributed by atoms with van der Waals surface area (Å²) in [4.78, 5) is 0. The molecule has 0 aliphatic heterocycles. The van der Waals surface area contributed by atoms with Gasteiger partial charge in [0.1, 0.15) is 5.82 Å². The van der Waals surface area contributed by atoms with Gasteiger partial charge in [0.05, 0.1) is 11.6 Å². The van der Waals surface area contributed by atoms with Gasteiger partial charge in [0.15, 0.2) is 0 Å². The smallest absolute Gasteiger partial charge is 0.127 e. The van der Waals surface area contributed by atoms with Crippen LogP contribution in [-0.4, -0.2) is 18.8 Å². The van der Waals surface area contributed by atoms with Gasteiger partial charge in [0, 0.05) is 11.6 Å². The summed E-state index contributed by atoms with van der Waals surface area (Å²) in [5.74, 6) is 5.42. The number of benzene rings is 1. The van der Waals surface area contributed by atoms with E-state index in [9.17, 15) is 4.39 Å². The van der Waals surface area contributed by atoms with Gasteiger partial charge in [-0.2, -0.15) is 0 Å². The quantitative estimate of drug-likeness (QED) is 0.595. The SMILES string of the molecule is CCC(CC)(OC)C(Cc1ccc(Br)cc1F)NN. The zero-order chi connectivity index (χ0) is 14.5. The molecule has 3 nitrogen and oxygen atoms in total. The van der Waals surface area contributed by atoms with Gasteiger partial charge in [0.25, 0.3) is 0 Å². The maximum absolute atomic E-state index is 13.9. The van der Waals surface area contributed by atoms with E-state index in [1.165, 1.54) is 6.07 Å². The van der Waals surface area contributed by atoms with E-state index in [0.29, 0.717) is 12.0 Å². The summed E-state index contributed by atoms with van der Waals surface area (Å²) in [6.07, 6.45) is 2.12. The number of nitrogens with one attached hydrogen (secondary N) is 1. The van der Waals surface area contributed by atoms with Crippen molar-refractivity contribution in [3.05, 3.63) is 34.1 Å². The molecule has 108 valence electrons. The monoisotopic (exact) mass is 332 g/mol. The van der Waals surface area contributed by atoms with Crippen LogP contribution in [0.2, 0.25) is 0 Å². The Kier molecular flexibility index (Phi) is 6.39. The highest BCUT2D eigenvalue weighted by Crippen LogP contribution is 2.27. The Labute approximate surface area is 122 Å². The summed E-state index contributed by atoms with van der Waals surface area (Å²) in [7, 11) is 1.68. The highest BCUT2D eigenvalue weighted by molar-refractivity contribution is 9.10. The molecule has 0 aromatic heterocycles. The summed E-state index contributed by atoms with van der Waals surface area (Å²) in [6.45, 7) is 4.10. The van der Waals surface area contributed by atoms with E-state index in [2.05, 4.69) is 35.2 Å². The highest BCUT2D eigenvalue weighted by atomic mass is 79.9. The molecule has 0 spiro atoms. The molecule has 1 rings (SSSR count). The van der Waals surface area contributed by atoms with Crippen LogP contribution >= 0.6 is 15.9 Å². The van der Waals surface area contributed by atoms with Gasteiger partial charge < -0.3 is 4.74 Å². The van der Waals surface area contributed by atoms with E-state index < -0.39 is 0 Å². The molecule has 0 aliphatic rings. The largest absolute Gasteiger partial charge is 0.377 e. The second kappa shape index (κ2) is 7.33. The summed E-state index contributed by atoms with van der Waals surface area (Å²) < 4.78 is 20.3. The molecule has 0 saturated carbocycles. The Morgan fingerprint density at radius 3 is 2.47 bits per heavy atom. The van der Waals surface area contributed by atoms with E-state index in [4.69, 9.17) is 10.6 Å². The first-order valence-electron chi connectivity index (χ1n) is 6.48. The van der Waals surface area contributed by atoms with E-state index in [0.717, 1.165) is 17.3 Å². The molecule has 0 saturated heterocycles. The standard InChI is InChI=1S/C14H22BrFN2O/c1-4-14(5-2,19-3)13(18-17)8-10-6-7-11(15)9-12(10)16/h6-7,9,13,18H,4-5,8,17H2,1-3H3. The molecule has 0 bridgehead atoms. The second-order valence-electron chi connectivity index (χ2n) is 4.64. The lowest BCUT2D eigenvalue weighted by molar-refractivity contribution is -0.0474. The summed E-state index contributed by atoms with van der Waals surface area (Å²) >= 11 is 3.26. The van der Waals surface area contributed by atoms with Crippen LogP contribution in [0.25, 0.3) is 0 Å². The first-order valence-corrected chi connectivity index (χ1v) is 7.27. The Morgan fingerprint density at radius 2 is 2.05 bits per heavy atom. The van der Waals surface area contributed by atoms with Gasteiger partial charge in [-0.3, -0.25) is 11.3 Å². The van der Waals surface area contributed by atoms with Gasteiger partial charge in [0.2, 0.25) is 0 Å². The lowest BCUT2D eigenvalue weighted by Gasteiger charge is -2.38. The van der Waals surface area contributed by atoms with Crippen LogP contribution in [0.15, 0.2) is 22.7 Å². The molecule has 5 heteroatoms. The van der Waals surface area contributed by atoms with E-state index in [-0.39, 0.29) is 17.5 Å². The van der Waals surface area contributed by atoms with Crippen LogP contribution in [0.3, 0.4) is 0 Å². The molecule has 0 radical (unpaired) electrons. The number of hydrogen-bond acceptors (Lipinski definition) is 3. The van der Waals surface area contributed by atoms with Crippen molar-refractivity contribution in [2.24, 2.45) is 5.84 Å². The lowest BCUT2D eigenvalue weighted by Crippen LogP contribution is -2.55. The van der Waals surface area contributed by atoms with Crippen molar-refractivity contribution >= 4 is 15.9 Å². The Bertz CT molecular complexity index is 402. The van der Waals surface area contributed by atoms with Crippen LogP contribution in [0.1, 0.15) is 32.3 Å². The predicted molar refractivity (Wildman–Crippen MR) is 79.2 cm³/mol. The topological polar surface area (TPSA) is 47.3 Å². The summed E-state index contributed by atoms with van der Waals surface area (Å²) in [5, 5.41) is 0. The molecular formula is C14H22BrFN2O. The fourth-order valence-electron chi connectivity index (χ4n) is 2.48. The molecule has 1 aromatic rings. The van der Waals surface area contributed by atoms with Crippen LogP contribution in [-0.2, 0) is 11.2 Å². The first kappa shape index (κ1) is 16.6. The average Bonchev–Trinajstić information content (AvgIpc) is 2.42. The van der Waals surface area contributed by atoms with Gasteiger partial charge in [-0.25, -0.2) is 4.39 Å². The van der Waals surface area contributed by atoms with Crippen molar-refractivity contribution in [1.82, 2.24) is 5.43 Å². The number of halogens is 2. The minimum atomic E-state index is -0.381. The van der Waals surface area contributed by atoms with Gasteiger partial charge >= 0.3 is 0 Å². The normalized spacial score (nSPS) is 13.6. The molecule has 0 fully saturated rings.